The van der Waals surface area contributed by atoms with Crippen LogP contribution >= 0.6 is 11.6 Å². The predicted octanol–water partition coefficient (Wildman–Crippen LogP) is 2.44. The summed E-state index contributed by atoms with van der Waals surface area (Å²) < 4.78 is 4.81. The Kier molecular flexibility index (Phi) is 7.91. The number of guanidine groups is 1. The van der Waals surface area contributed by atoms with Gasteiger partial charge in [-0.1, -0.05) is 17.7 Å². The van der Waals surface area contributed by atoms with Crippen molar-refractivity contribution in [1.82, 2.24) is 10.2 Å². The number of hydrogen-bond donors (Lipinski definition) is 2. The molecule has 0 aliphatic carbocycles. The first-order valence-corrected chi connectivity index (χ1v) is 9.42. The van der Waals surface area contributed by atoms with Crippen LogP contribution in [0.25, 0.3) is 0 Å². The monoisotopic (exact) mass is 394 g/mol. The van der Waals surface area contributed by atoms with E-state index >= 15 is 0 Å². The largest absolute Gasteiger partial charge is 0.469 e. The Hall–Kier alpha value is -2.28. The molecule has 1 fully saturated rings. The highest BCUT2D eigenvalue weighted by Gasteiger charge is 2.26. The minimum atomic E-state index is -0.148. The number of likely N-dealkylation sites (tertiary alicyclic amines) is 1. The van der Waals surface area contributed by atoms with Crippen molar-refractivity contribution >= 4 is 35.1 Å². The second kappa shape index (κ2) is 10.2. The van der Waals surface area contributed by atoms with Gasteiger partial charge in [-0.2, -0.15) is 0 Å². The third kappa shape index (κ3) is 5.85. The molecule has 1 heterocycles. The van der Waals surface area contributed by atoms with Crippen LogP contribution in [0, 0.1) is 12.8 Å². The van der Waals surface area contributed by atoms with Crippen LogP contribution in [0.15, 0.2) is 23.2 Å². The number of piperidine rings is 1. The van der Waals surface area contributed by atoms with Gasteiger partial charge in [0.2, 0.25) is 5.91 Å². The van der Waals surface area contributed by atoms with E-state index in [4.69, 9.17) is 16.3 Å². The molecule has 1 aromatic rings. The Morgan fingerprint density at radius 1 is 1.33 bits per heavy atom. The topological polar surface area (TPSA) is 83.0 Å². The molecule has 0 unspecified atom stereocenters. The molecule has 27 heavy (non-hydrogen) atoms. The van der Waals surface area contributed by atoms with Gasteiger partial charge in [-0.15, -0.1) is 0 Å². The maximum absolute atomic E-state index is 12.2. The quantitative estimate of drug-likeness (QED) is 0.455. The zero-order valence-electron chi connectivity index (χ0n) is 16.0. The van der Waals surface area contributed by atoms with Gasteiger partial charge in [0, 0.05) is 43.8 Å². The van der Waals surface area contributed by atoms with E-state index in [0.29, 0.717) is 18.0 Å². The molecule has 0 atom stereocenters. The van der Waals surface area contributed by atoms with Crippen molar-refractivity contribution in [2.45, 2.75) is 26.2 Å². The van der Waals surface area contributed by atoms with E-state index in [2.05, 4.69) is 20.5 Å². The lowest BCUT2D eigenvalue weighted by atomic mass is 9.97. The zero-order chi connectivity index (χ0) is 19.8. The van der Waals surface area contributed by atoms with Crippen LogP contribution in [0.5, 0.6) is 0 Å². The van der Waals surface area contributed by atoms with Gasteiger partial charge >= 0.3 is 5.97 Å². The molecule has 1 aliphatic heterocycles. The van der Waals surface area contributed by atoms with Crippen molar-refractivity contribution < 1.29 is 14.3 Å². The van der Waals surface area contributed by atoms with Gasteiger partial charge in [-0.05, 0) is 37.5 Å². The fourth-order valence-electron chi connectivity index (χ4n) is 3.07. The molecule has 1 aliphatic rings. The standard InChI is InChI=1S/C19H27ClN4O3/c1-13-15(20)5-4-6-16(13)23-17(25)7-10-22-19(21-2)24-11-8-14(9-12-24)18(26)27-3/h4-6,14H,7-12H2,1-3H3,(H,21,22)(H,23,25). The van der Waals surface area contributed by atoms with E-state index in [1.807, 2.05) is 19.1 Å². The van der Waals surface area contributed by atoms with Gasteiger partial charge in [0.05, 0.1) is 13.0 Å². The molecule has 0 saturated carbocycles. The van der Waals surface area contributed by atoms with Gasteiger partial charge in [0.1, 0.15) is 0 Å². The Morgan fingerprint density at radius 3 is 2.67 bits per heavy atom. The number of esters is 1. The first-order chi connectivity index (χ1) is 13.0. The number of halogens is 1. The van der Waals surface area contributed by atoms with Gasteiger partial charge in [0.15, 0.2) is 5.96 Å². The van der Waals surface area contributed by atoms with Gasteiger partial charge in [-0.3, -0.25) is 14.6 Å². The fraction of sp³-hybridized carbons (Fsp3) is 0.526. The summed E-state index contributed by atoms with van der Waals surface area (Å²) in [6, 6.07) is 5.43. The van der Waals surface area contributed by atoms with Crippen LogP contribution in [0.4, 0.5) is 5.69 Å². The smallest absolute Gasteiger partial charge is 0.308 e. The van der Waals surface area contributed by atoms with Gasteiger partial charge < -0.3 is 20.3 Å². The zero-order valence-corrected chi connectivity index (χ0v) is 16.8. The first kappa shape index (κ1) is 21.0. The van der Waals surface area contributed by atoms with Crippen molar-refractivity contribution in [3.8, 4) is 0 Å². The number of aliphatic imine (C=N–C) groups is 1. The van der Waals surface area contributed by atoms with Crippen LogP contribution in [0.2, 0.25) is 5.02 Å². The molecule has 0 spiro atoms. The Balaban J connectivity index is 1.77. The molecule has 2 rings (SSSR count). The first-order valence-electron chi connectivity index (χ1n) is 9.04. The lowest BCUT2D eigenvalue weighted by Gasteiger charge is -2.33. The highest BCUT2D eigenvalue weighted by molar-refractivity contribution is 6.31. The Labute approximate surface area is 165 Å². The summed E-state index contributed by atoms with van der Waals surface area (Å²) in [6.07, 6.45) is 1.79. The van der Waals surface area contributed by atoms with Gasteiger partial charge in [0.25, 0.3) is 0 Å². The van der Waals surface area contributed by atoms with Crippen LogP contribution in [-0.4, -0.2) is 56.5 Å². The average molecular weight is 395 g/mol. The van der Waals surface area contributed by atoms with Crippen LogP contribution in [0.1, 0.15) is 24.8 Å². The van der Waals surface area contributed by atoms with E-state index < -0.39 is 0 Å². The lowest BCUT2D eigenvalue weighted by Crippen LogP contribution is -2.47. The van der Waals surface area contributed by atoms with E-state index in [1.54, 1.807) is 13.1 Å². The highest BCUT2D eigenvalue weighted by Crippen LogP contribution is 2.23. The highest BCUT2D eigenvalue weighted by atomic mass is 35.5. The number of nitrogens with zero attached hydrogens (tertiary/aromatic N) is 2. The molecule has 0 aromatic heterocycles. The number of methoxy groups -OCH3 is 1. The van der Waals surface area contributed by atoms with E-state index in [-0.39, 0.29) is 17.8 Å². The summed E-state index contributed by atoms with van der Waals surface area (Å²) >= 11 is 6.07. The van der Waals surface area contributed by atoms with Crippen molar-refractivity contribution in [3.05, 3.63) is 28.8 Å². The third-order valence-corrected chi connectivity index (χ3v) is 5.13. The lowest BCUT2D eigenvalue weighted by molar-refractivity contribution is -0.146. The molecule has 1 aromatic carbocycles. The molecule has 7 nitrogen and oxygen atoms in total. The molecular formula is C19H27ClN4O3. The average Bonchev–Trinajstić information content (AvgIpc) is 2.68. The summed E-state index contributed by atoms with van der Waals surface area (Å²) in [5.41, 5.74) is 1.58. The second-order valence-electron chi connectivity index (χ2n) is 6.47. The Bertz CT molecular complexity index is 700. The third-order valence-electron chi connectivity index (χ3n) is 4.72. The van der Waals surface area contributed by atoms with Crippen molar-refractivity contribution in [2.75, 3.05) is 39.1 Å². The molecule has 1 amide bonds. The Morgan fingerprint density at radius 2 is 2.04 bits per heavy atom. The number of carbonyl (C=O) groups excluding carboxylic acids is 2. The minimum absolute atomic E-state index is 0.0453. The van der Waals surface area contributed by atoms with Gasteiger partial charge in [-0.25, -0.2) is 0 Å². The normalized spacial score (nSPS) is 15.4. The molecule has 0 bridgehead atoms. The number of benzene rings is 1. The number of ether oxygens (including phenoxy) is 1. The number of anilines is 1. The summed E-state index contributed by atoms with van der Waals surface area (Å²) in [4.78, 5) is 30.2. The van der Waals surface area contributed by atoms with E-state index in [9.17, 15) is 9.59 Å². The number of rotatable bonds is 5. The number of amides is 1. The van der Waals surface area contributed by atoms with Crippen molar-refractivity contribution in [1.29, 1.82) is 0 Å². The molecular weight excluding hydrogens is 368 g/mol. The van der Waals surface area contributed by atoms with Crippen LogP contribution in [0.3, 0.4) is 0 Å². The second-order valence-corrected chi connectivity index (χ2v) is 6.88. The van der Waals surface area contributed by atoms with Crippen molar-refractivity contribution in [2.24, 2.45) is 10.9 Å². The van der Waals surface area contributed by atoms with E-state index in [0.717, 1.165) is 43.1 Å². The molecule has 2 N–H and O–H groups in total. The maximum atomic E-state index is 12.2. The molecule has 0 radical (unpaired) electrons. The van der Waals surface area contributed by atoms with Crippen molar-refractivity contribution in [3.63, 3.8) is 0 Å². The SMILES string of the molecule is CN=C(NCCC(=O)Nc1cccc(Cl)c1C)N1CCC(C(=O)OC)CC1. The predicted molar refractivity (Wildman–Crippen MR) is 107 cm³/mol. The summed E-state index contributed by atoms with van der Waals surface area (Å²) in [6.45, 7) is 3.80. The van der Waals surface area contributed by atoms with E-state index in [1.165, 1.54) is 7.11 Å². The van der Waals surface area contributed by atoms with Crippen LogP contribution in [-0.2, 0) is 14.3 Å². The number of carbonyl (C=O) groups is 2. The summed E-state index contributed by atoms with van der Waals surface area (Å²) in [5.74, 6) is 0.458. The molecule has 8 heteroatoms. The maximum Gasteiger partial charge on any atom is 0.308 e. The van der Waals surface area contributed by atoms with Crippen LogP contribution < -0.4 is 10.6 Å². The molecule has 1 saturated heterocycles. The molecule has 148 valence electrons. The summed E-state index contributed by atoms with van der Waals surface area (Å²) in [7, 11) is 3.13. The number of nitrogens with one attached hydrogen (secondary N) is 2. The minimum Gasteiger partial charge on any atom is -0.469 e. The summed E-state index contributed by atoms with van der Waals surface area (Å²) in [5, 5.41) is 6.72. The number of hydrogen-bond acceptors (Lipinski definition) is 4. The fourth-order valence-corrected chi connectivity index (χ4v) is 3.24.